The average Bonchev–Trinajstić information content (AvgIpc) is 2.73. The van der Waals surface area contributed by atoms with Crippen molar-refractivity contribution in [2.24, 2.45) is 0 Å². The molecule has 1 atom stereocenters. The topological polar surface area (TPSA) is 84.3 Å². The molecule has 96 valence electrons. The fourth-order valence-electron chi connectivity index (χ4n) is 1.82. The van der Waals surface area contributed by atoms with Crippen molar-refractivity contribution in [3.05, 3.63) is 33.3 Å². The molecule has 1 fully saturated rings. The first-order valence-corrected chi connectivity index (χ1v) is 5.91. The van der Waals surface area contributed by atoms with Gasteiger partial charge in [0.05, 0.1) is 15.6 Å². The molecule has 0 radical (unpaired) electrons. The SMILES string of the molecule is O=C1CCC(CNc2ccc([N+](=O)[O-])cc2Cl)N1. The number of rotatable bonds is 4. The molecule has 18 heavy (non-hydrogen) atoms. The van der Waals surface area contributed by atoms with Crippen LogP contribution in [0.5, 0.6) is 0 Å². The summed E-state index contributed by atoms with van der Waals surface area (Å²) >= 11 is 5.93. The minimum atomic E-state index is -0.493. The van der Waals surface area contributed by atoms with Crippen LogP contribution in [0.1, 0.15) is 12.8 Å². The van der Waals surface area contributed by atoms with Crippen LogP contribution in [0.4, 0.5) is 11.4 Å². The van der Waals surface area contributed by atoms with E-state index in [1.807, 2.05) is 0 Å². The van der Waals surface area contributed by atoms with E-state index in [4.69, 9.17) is 11.6 Å². The highest BCUT2D eigenvalue weighted by atomic mass is 35.5. The lowest BCUT2D eigenvalue weighted by molar-refractivity contribution is -0.384. The van der Waals surface area contributed by atoms with Gasteiger partial charge in [-0.25, -0.2) is 0 Å². The van der Waals surface area contributed by atoms with Gasteiger partial charge in [0.15, 0.2) is 0 Å². The quantitative estimate of drug-likeness (QED) is 0.646. The third-order valence-electron chi connectivity index (χ3n) is 2.79. The molecule has 0 aromatic heterocycles. The molecule has 0 bridgehead atoms. The maximum absolute atomic E-state index is 11.0. The summed E-state index contributed by atoms with van der Waals surface area (Å²) in [5, 5.41) is 16.7. The second kappa shape index (κ2) is 5.22. The van der Waals surface area contributed by atoms with Gasteiger partial charge in [0.25, 0.3) is 5.69 Å². The zero-order valence-corrected chi connectivity index (χ0v) is 10.2. The van der Waals surface area contributed by atoms with Gasteiger partial charge in [-0.05, 0) is 12.5 Å². The second-order valence-corrected chi connectivity index (χ2v) is 4.51. The number of nitrogens with zero attached hydrogens (tertiary/aromatic N) is 1. The second-order valence-electron chi connectivity index (χ2n) is 4.11. The number of carbonyl (C=O) groups is 1. The predicted octanol–water partition coefficient (Wildman–Crippen LogP) is 1.94. The summed E-state index contributed by atoms with van der Waals surface area (Å²) in [5.41, 5.74) is 0.586. The zero-order valence-electron chi connectivity index (χ0n) is 9.48. The maximum Gasteiger partial charge on any atom is 0.271 e. The predicted molar refractivity (Wildman–Crippen MR) is 67.8 cm³/mol. The molecule has 1 aliphatic heterocycles. The van der Waals surface area contributed by atoms with Crippen molar-refractivity contribution in [1.29, 1.82) is 0 Å². The molecule has 1 aromatic carbocycles. The fourth-order valence-corrected chi connectivity index (χ4v) is 2.07. The van der Waals surface area contributed by atoms with Crippen LogP contribution in [0.15, 0.2) is 18.2 Å². The van der Waals surface area contributed by atoms with Gasteiger partial charge in [0.1, 0.15) is 0 Å². The normalized spacial score (nSPS) is 18.5. The van der Waals surface area contributed by atoms with Crippen LogP contribution in [0.2, 0.25) is 5.02 Å². The summed E-state index contributed by atoms with van der Waals surface area (Å²) in [6.45, 7) is 0.559. The minimum absolute atomic E-state index is 0.0419. The number of benzene rings is 1. The Labute approximate surface area is 108 Å². The van der Waals surface area contributed by atoms with Crippen molar-refractivity contribution in [3.8, 4) is 0 Å². The zero-order chi connectivity index (χ0) is 13.1. The summed E-state index contributed by atoms with van der Waals surface area (Å²) in [7, 11) is 0. The van der Waals surface area contributed by atoms with Crippen molar-refractivity contribution in [2.45, 2.75) is 18.9 Å². The Hall–Kier alpha value is -1.82. The highest BCUT2D eigenvalue weighted by molar-refractivity contribution is 6.33. The van der Waals surface area contributed by atoms with Crippen molar-refractivity contribution in [2.75, 3.05) is 11.9 Å². The highest BCUT2D eigenvalue weighted by Crippen LogP contribution is 2.26. The third-order valence-corrected chi connectivity index (χ3v) is 3.10. The van der Waals surface area contributed by atoms with E-state index in [-0.39, 0.29) is 17.6 Å². The Morgan fingerprint density at radius 2 is 2.33 bits per heavy atom. The first-order chi connectivity index (χ1) is 8.56. The number of carbonyl (C=O) groups excluding carboxylic acids is 1. The van der Waals surface area contributed by atoms with Crippen LogP contribution in [0.25, 0.3) is 0 Å². The van der Waals surface area contributed by atoms with Crippen LogP contribution < -0.4 is 10.6 Å². The summed E-state index contributed by atoms with van der Waals surface area (Å²) in [5.74, 6) is 0.0524. The lowest BCUT2D eigenvalue weighted by atomic mass is 10.2. The number of non-ortho nitro benzene ring substituents is 1. The third kappa shape index (κ3) is 2.89. The van der Waals surface area contributed by atoms with Gasteiger partial charge in [-0.2, -0.15) is 0 Å². The summed E-state index contributed by atoms with van der Waals surface area (Å²) in [6, 6.07) is 4.35. The molecule has 1 saturated heterocycles. The number of nitrogens with one attached hydrogen (secondary N) is 2. The maximum atomic E-state index is 11.0. The standard InChI is InChI=1S/C11H12ClN3O3/c12-9-5-8(15(17)18)2-3-10(9)13-6-7-1-4-11(16)14-7/h2-3,5,7,13H,1,4,6H2,(H,14,16). The minimum Gasteiger partial charge on any atom is -0.382 e. The van der Waals surface area contributed by atoms with Crippen molar-refractivity contribution >= 4 is 28.9 Å². The first kappa shape index (κ1) is 12.6. The van der Waals surface area contributed by atoms with E-state index < -0.39 is 4.92 Å². The summed E-state index contributed by atoms with van der Waals surface area (Å²) < 4.78 is 0. The molecule has 0 spiro atoms. The smallest absolute Gasteiger partial charge is 0.271 e. The van der Waals surface area contributed by atoms with Gasteiger partial charge in [0.2, 0.25) is 5.91 Å². The number of hydrogen-bond acceptors (Lipinski definition) is 4. The summed E-state index contributed by atoms with van der Waals surface area (Å²) in [4.78, 5) is 21.1. The Morgan fingerprint density at radius 3 is 2.89 bits per heavy atom. The Bertz CT molecular complexity index is 492. The number of halogens is 1. The van der Waals surface area contributed by atoms with Gasteiger partial charge < -0.3 is 10.6 Å². The molecular weight excluding hydrogens is 258 g/mol. The Morgan fingerprint density at radius 1 is 1.56 bits per heavy atom. The van der Waals surface area contributed by atoms with Gasteiger partial charge in [0, 0.05) is 31.1 Å². The van der Waals surface area contributed by atoms with E-state index in [2.05, 4.69) is 10.6 Å². The number of nitro benzene ring substituents is 1. The van der Waals surface area contributed by atoms with E-state index in [1.54, 1.807) is 6.07 Å². The van der Waals surface area contributed by atoms with E-state index in [0.29, 0.717) is 23.7 Å². The van der Waals surface area contributed by atoms with Crippen molar-refractivity contribution < 1.29 is 9.72 Å². The number of hydrogen-bond donors (Lipinski definition) is 2. The molecule has 2 rings (SSSR count). The van der Waals surface area contributed by atoms with E-state index in [1.165, 1.54) is 12.1 Å². The molecule has 1 aromatic rings. The lowest BCUT2D eigenvalue weighted by Gasteiger charge is -2.13. The van der Waals surface area contributed by atoms with Crippen molar-refractivity contribution in [3.63, 3.8) is 0 Å². The van der Waals surface area contributed by atoms with E-state index in [9.17, 15) is 14.9 Å². The van der Waals surface area contributed by atoms with Crippen LogP contribution in [0, 0.1) is 10.1 Å². The largest absolute Gasteiger partial charge is 0.382 e. The monoisotopic (exact) mass is 269 g/mol. The Kier molecular flexibility index (Phi) is 3.66. The highest BCUT2D eigenvalue weighted by Gasteiger charge is 2.20. The molecule has 2 N–H and O–H groups in total. The fraction of sp³-hybridized carbons (Fsp3) is 0.364. The van der Waals surface area contributed by atoms with Crippen molar-refractivity contribution in [1.82, 2.24) is 5.32 Å². The molecule has 6 nitrogen and oxygen atoms in total. The lowest BCUT2D eigenvalue weighted by Crippen LogP contribution is -2.31. The average molecular weight is 270 g/mol. The molecule has 1 unspecified atom stereocenters. The number of anilines is 1. The van der Waals surface area contributed by atoms with E-state index in [0.717, 1.165) is 6.42 Å². The molecule has 1 heterocycles. The van der Waals surface area contributed by atoms with Crippen LogP contribution >= 0.6 is 11.6 Å². The van der Waals surface area contributed by atoms with Gasteiger partial charge in [-0.3, -0.25) is 14.9 Å². The molecular formula is C11H12ClN3O3. The summed E-state index contributed by atoms with van der Waals surface area (Å²) in [6.07, 6.45) is 1.33. The van der Waals surface area contributed by atoms with Gasteiger partial charge >= 0.3 is 0 Å². The molecule has 1 aliphatic rings. The van der Waals surface area contributed by atoms with Crippen LogP contribution in [-0.4, -0.2) is 23.4 Å². The molecule has 1 amide bonds. The number of amides is 1. The van der Waals surface area contributed by atoms with Gasteiger partial charge in [-0.15, -0.1) is 0 Å². The number of nitro groups is 1. The van der Waals surface area contributed by atoms with Crippen LogP contribution in [-0.2, 0) is 4.79 Å². The van der Waals surface area contributed by atoms with Crippen LogP contribution in [0.3, 0.4) is 0 Å². The van der Waals surface area contributed by atoms with E-state index >= 15 is 0 Å². The molecule has 0 saturated carbocycles. The molecule has 0 aliphatic carbocycles. The Balaban J connectivity index is 1.97. The first-order valence-electron chi connectivity index (χ1n) is 5.53. The molecule has 7 heteroatoms. The van der Waals surface area contributed by atoms with Gasteiger partial charge in [-0.1, -0.05) is 11.6 Å².